The number of aldehydes is 1. The van der Waals surface area contributed by atoms with Gasteiger partial charge in [-0.3, -0.25) is 24.0 Å². The van der Waals surface area contributed by atoms with Crippen molar-refractivity contribution in [3.63, 3.8) is 0 Å². The Bertz CT molecular complexity index is 2930. The highest BCUT2D eigenvalue weighted by molar-refractivity contribution is 6.30. The molecule has 4 aromatic heterocycles. The Labute approximate surface area is 357 Å². The normalized spacial score (nSPS) is 11.1. The number of ether oxygens (including phenoxy) is 1. The van der Waals surface area contributed by atoms with Crippen LogP contribution in [0.5, 0.6) is 5.75 Å². The smallest absolute Gasteiger partial charge is 0.434 e. The lowest BCUT2D eigenvalue weighted by atomic mass is 10.0. The number of aromatic nitrogens is 6. The van der Waals surface area contributed by atoms with Crippen molar-refractivity contribution in [2.24, 2.45) is 11.5 Å². The van der Waals surface area contributed by atoms with Crippen molar-refractivity contribution in [1.82, 2.24) is 34.8 Å². The number of fused-ring (bicyclic) bond motifs is 1. The topological polar surface area (TPSA) is 261 Å². The molecule has 9 N–H and O–H groups in total. The van der Waals surface area contributed by atoms with Crippen LogP contribution in [0.2, 0.25) is 5.15 Å². The van der Waals surface area contributed by atoms with Crippen LogP contribution in [0.15, 0.2) is 96.1 Å². The molecule has 7 rings (SSSR count). The molecular weight excluding hydrogens is 854 g/mol. The third-order valence-electron chi connectivity index (χ3n) is 9.16. The van der Waals surface area contributed by atoms with Gasteiger partial charge >= 0.3 is 6.18 Å². The van der Waals surface area contributed by atoms with Gasteiger partial charge in [0.15, 0.2) is 12.0 Å². The fraction of sp³-hybridized carbons (Fsp3) is 0.122. The molecule has 0 aliphatic carbocycles. The van der Waals surface area contributed by atoms with Crippen LogP contribution in [-0.2, 0) is 19.3 Å². The predicted octanol–water partition coefficient (Wildman–Crippen LogP) is 5.11. The summed E-state index contributed by atoms with van der Waals surface area (Å²) in [6, 6.07) is 18.7. The average Bonchev–Trinajstić information content (AvgIpc) is 3.85. The Morgan fingerprint density at radius 1 is 0.984 bits per heavy atom. The number of nitrogens with two attached hydrogens (primary N) is 3. The van der Waals surface area contributed by atoms with Gasteiger partial charge < -0.3 is 37.6 Å². The predicted molar refractivity (Wildman–Crippen MR) is 223 cm³/mol. The highest BCUT2D eigenvalue weighted by Crippen LogP contribution is 2.35. The number of pyridine rings is 2. The van der Waals surface area contributed by atoms with E-state index in [-0.39, 0.29) is 62.2 Å². The molecule has 0 fully saturated rings. The molecule has 0 saturated heterocycles. The maximum absolute atomic E-state index is 14.0. The number of H-pyrrole nitrogens is 1. The van der Waals surface area contributed by atoms with Crippen LogP contribution in [0, 0.1) is 5.82 Å². The number of carbonyl (C=O) groups excluding carboxylic acids is 4. The van der Waals surface area contributed by atoms with Crippen molar-refractivity contribution in [3.05, 3.63) is 146 Å². The Morgan fingerprint density at radius 2 is 1.73 bits per heavy atom. The van der Waals surface area contributed by atoms with Crippen LogP contribution in [0.25, 0.3) is 27.7 Å². The van der Waals surface area contributed by atoms with Gasteiger partial charge in [0.2, 0.25) is 0 Å². The van der Waals surface area contributed by atoms with E-state index in [1.54, 1.807) is 24.3 Å². The van der Waals surface area contributed by atoms with Gasteiger partial charge in [0.25, 0.3) is 23.3 Å². The van der Waals surface area contributed by atoms with Gasteiger partial charge in [-0.05, 0) is 54.1 Å². The second-order valence-corrected chi connectivity index (χ2v) is 13.6. The number of anilines is 2. The molecule has 0 bridgehead atoms. The molecule has 22 heteroatoms. The molecule has 7 aromatic rings. The summed E-state index contributed by atoms with van der Waals surface area (Å²) < 4.78 is 62.6. The first-order valence-corrected chi connectivity index (χ1v) is 18.7. The lowest BCUT2D eigenvalue weighted by molar-refractivity contribution is -0.143. The molecule has 3 amide bonds. The van der Waals surface area contributed by atoms with Gasteiger partial charge in [-0.25, -0.2) is 18.7 Å². The van der Waals surface area contributed by atoms with E-state index < -0.39 is 46.5 Å². The molecule has 0 radical (unpaired) electrons. The van der Waals surface area contributed by atoms with Gasteiger partial charge in [0.1, 0.15) is 39.5 Å². The number of halogens is 5. The second-order valence-electron chi connectivity index (χ2n) is 13.2. The minimum Gasteiger partial charge on any atom is -0.496 e. The van der Waals surface area contributed by atoms with Crippen molar-refractivity contribution >= 4 is 57.9 Å². The van der Waals surface area contributed by atoms with E-state index in [4.69, 9.17) is 33.5 Å². The molecular formula is C41H34ClF4N11O6. The SMILES string of the molecule is COc1ccc(F)cc1C(=O)NCc1ccc(-c2nn(CCN)c(N)c2C(N)=O)cc1.O=Cc1cc(NC(=O)c2cnn(-c3cccc4c(=O)[nH]ccc34)c2C(F)(F)F)cc(Cl)n1. The largest absolute Gasteiger partial charge is 0.496 e. The molecule has 0 atom stereocenters. The van der Waals surface area contributed by atoms with Crippen molar-refractivity contribution in [1.29, 1.82) is 0 Å². The molecule has 0 saturated carbocycles. The number of rotatable bonds is 12. The summed E-state index contributed by atoms with van der Waals surface area (Å²) in [4.78, 5) is 66.1. The van der Waals surface area contributed by atoms with Crippen molar-refractivity contribution in [2.75, 3.05) is 24.7 Å². The number of aromatic amines is 1. The third-order valence-corrected chi connectivity index (χ3v) is 9.35. The molecule has 0 aliphatic heterocycles. The summed E-state index contributed by atoms with van der Waals surface area (Å²) in [5.74, 6) is -2.37. The molecule has 63 heavy (non-hydrogen) atoms. The molecule has 0 aliphatic rings. The number of amides is 3. The van der Waals surface area contributed by atoms with Gasteiger partial charge in [-0.1, -0.05) is 41.9 Å². The van der Waals surface area contributed by atoms with Crippen molar-refractivity contribution in [2.45, 2.75) is 19.3 Å². The summed E-state index contributed by atoms with van der Waals surface area (Å²) in [6.07, 6.45) is -2.51. The Hall–Kier alpha value is -7.91. The monoisotopic (exact) mass is 887 g/mol. The number of benzene rings is 3. The van der Waals surface area contributed by atoms with E-state index in [1.165, 1.54) is 60.5 Å². The number of carbonyl (C=O) groups is 4. The molecule has 17 nitrogen and oxygen atoms in total. The van der Waals surface area contributed by atoms with Crippen LogP contribution < -0.4 is 38.1 Å². The van der Waals surface area contributed by atoms with E-state index >= 15 is 0 Å². The summed E-state index contributed by atoms with van der Waals surface area (Å²) >= 11 is 5.77. The number of nitrogens with one attached hydrogen (secondary N) is 3. The number of hydrogen-bond donors (Lipinski definition) is 6. The van der Waals surface area contributed by atoms with Gasteiger partial charge in [0, 0.05) is 41.3 Å². The first-order chi connectivity index (χ1) is 30.0. The third kappa shape index (κ3) is 9.85. The van der Waals surface area contributed by atoms with Crippen LogP contribution >= 0.6 is 11.6 Å². The molecule has 0 unspecified atom stereocenters. The molecule has 4 heterocycles. The molecule has 324 valence electrons. The van der Waals surface area contributed by atoms with Crippen LogP contribution in [0.4, 0.5) is 29.1 Å². The van der Waals surface area contributed by atoms with E-state index in [2.05, 4.69) is 30.8 Å². The van der Waals surface area contributed by atoms with Crippen LogP contribution in [-0.4, -0.2) is 67.2 Å². The first-order valence-electron chi connectivity index (χ1n) is 18.3. The average molecular weight is 888 g/mol. The summed E-state index contributed by atoms with van der Waals surface area (Å²) in [7, 11) is 1.41. The van der Waals surface area contributed by atoms with Crippen molar-refractivity contribution in [3.8, 4) is 22.7 Å². The van der Waals surface area contributed by atoms with Crippen LogP contribution in [0.1, 0.15) is 52.8 Å². The minimum absolute atomic E-state index is 0.0188. The maximum Gasteiger partial charge on any atom is 0.434 e. The lowest BCUT2D eigenvalue weighted by Crippen LogP contribution is -2.23. The van der Waals surface area contributed by atoms with Gasteiger partial charge in [-0.2, -0.15) is 23.4 Å². The molecule has 0 spiro atoms. The number of primary amides is 1. The van der Waals surface area contributed by atoms with Gasteiger partial charge in [0.05, 0.1) is 36.7 Å². The fourth-order valence-electron chi connectivity index (χ4n) is 6.34. The Morgan fingerprint density at radius 3 is 2.40 bits per heavy atom. The number of nitrogen functional groups attached to an aromatic ring is 1. The number of methoxy groups -OCH3 is 1. The van der Waals surface area contributed by atoms with Gasteiger partial charge in [-0.15, -0.1) is 0 Å². The number of nitrogens with zero attached hydrogens (tertiary/aromatic N) is 5. The zero-order chi connectivity index (χ0) is 45.6. The zero-order valence-corrected chi connectivity index (χ0v) is 33.4. The number of hydrogen-bond acceptors (Lipinski definition) is 11. The highest BCUT2D eigenvalue weighted by atomic mass is 35.5. The fourth-order valence-corrected chi connectivity index (χ4v) is 6.55. The Balaban J connectivity index is 0.000000210. The zero-order valence-electron chi connectivity index (χ0n) is 32.7. The number of alkyl halides is 3. The van der Waals surface area contributed by atoms with E-state index in [0.29, 0.717) is 35.3 Å². The van der Waals surface area contributed by atoms with E-state index in [0.717, 1.165) is 23.9 Å². The highest BCUT2D eigenvalue weighted by Gasteiger charge is 2.41. The summed E-state index contributed by atoms with van der Waals surface area (Å²) in [5, 5.41) is 13.4. The quantitative estimate of drug-likeness (QED) is 0.0533. The Kier molecular flexibility index (Phi) is 13.3. The van der Waals surface area contributed by atoms with Crippen LogP contribution in [0.3, 0.4) is 0 Å². The van der Waals surface area contributed by atoms with Crippen molar-refractivity contribution < 1.29 is 41.5 Å². The molecule has 3 aromatic carbocycles. The van der Waals surface area contributed by atoms with E-state index in [9.17, 15) is 41.5 Å². The minimum atomic E-state index is -4.96. The summed E-state index contributed by atoms with van der Waals surface area (Å²) in [6.45, 7) is 0.850. The standard InChI is InChI=1S/C21H23FN6O3.C20H11ClF3N5O3/c1-31-16-7-6-14(22)10-15(16)21(30)26-11-12-2-4-13(5-3-12)18-17(20(25)29)19(24)28(27-18)9-8-23;21-16-7-10(6-11(9-30)27-16)28-19(32)14-8-26-29(17(14)20(22,23)24)15-3-1-2-13-12(15)4-5-25-18(13)31/h2-7,10H,8-9,11,23-24H2,1H3,(H2,25,29)(H,26,30);1-9H,(H,25,31)(H,27,28,32). The van der Waals surface area contributed by atoms with E-state index in [1.807, 2.05) is 0 Å². The first kappa shape index (κ1) is 44.6. The summed E-state index contributed by atoms with van der Waals surface area (Å²) in [5.41, 5.74) is 16.3. The maximum atomic E-state index is 14.0. The second kappa shape index (κ2) is 18.8. The lowest BCUT2D eigenvalue weighted by Gasteiger charge is -2.14.